The molecule has 0 unspecified atom stereocenters. The molecule has 0 aliphatic heterocycles. The zero-order valence-electron chi connectivity index (χ0n) is 15.5. The second-order valence-electron chi connectivity index (χ2n) is 6.09. The van der Waals surface area contributed by atoms with E-state index in [4.69, 9.17) is 4.74 Å². The lowest BCUT2D eigenvalue weighted by atomic mass is 10.2. The van der Waals surface area contributed by atoms with Crippen molar-refractivity contribution in [2.75, 3.05) is 24.7 Å². The third kappa shape index (κ3) is 5.81. The first-order chi connectivity index (χ1) is 12.4. The van der Waals surface area contributed by atoms with Crippen LogP contribution in [0.5, 0.6) is 5.75 Å². The summed E-state index contributed by atoms with van der Waals surface area (Å²) in [5.74, 6) is 0.382. The number of methoxy groups -OCH3 is 1. The van der Waals surface area contributed by atoms with Crippen molar-refractivity contribution in [3.63, 3.8) is 0 Å². The summed E-state index contributed by atoms with van der Waals surface area (Å²) < 4.78 is 5.23. The van der Waals surface area contributed by atoms with Crippen LogP contribution in [-0.2, 0) is 9.59 Å². The number of hydrogen-bond acceptors (Lipinski definition) is 4. The number of amides is 2. The van der Waals surface area contributed by atoms with Gasteiger partial charge in [-0.05, 0) is 50.1 Å². The monoisotopic (exact) mass is 372 g/mol. The summed E-state index contributed by atoms with van der Waals surface area (Å²) >= 11 is 1.47. The molecule has 0 bridgehead atoms. The maximum absolute atomic E-state index is 12.1. The van der Waals surface area contributed by atoms with E-state index < -0.39 is 0 Å². The van der Waals surface area contributed by atoms with Gasteiger partial charge in [-0.3, -0.25) is 9.59 Å². The van der Waals surface area contributed by atoms with Crippen molar-refractivity contribution in [1.82, 2.24) is 5.32 Å². The van der Waals surface area contributed by atoms with Crippen molar-refractivity contribution >= 4 is 29.3 Å². The van der Waals surface area contributed by atoms with Gasteiger partial charge >= 0.3 is 0 Å². The van der Waals surface area contributed by atoms with Gasteiger partial charge in [0.1, 0.15) is 5.75 Å². The standard InChI is InChI=1S/C20H24N2O3S/c1-13-6-8-17(25-4)16(9-13)22-19(23)11-21-20(24)12-26-18-10-14(2)5-7-15(18)3/h5-10H,11-12H2,1-4H3,(H,21,24)(H,22,23). The molecule has 0 atom stereocenters. The van der Waals surface area contributed by atoms with Crippen LogP contribution in [0, 0.1) is 20.8 Å². The lowest BCUT2D eigenvalue weighted by Crippen LogP contribution is -2.34. The normalized spacial score (nSPS) is 10.3. The molecule has 138 valence electrons. The maximum Gasteiger partial charge on any atom is 0.243 e. The number of rotatable bonds is 7. The molecule has 2 rings (SSSR count). The third-order valence-electron chi connectivity index (χ3n) is 3.78. The largest absolute Gasteiger partial charge is 0.495 e. The quantitative estimate of drug-likeness (QED) is 0.731. The van der Waals surface area contributed by atoms with Gasteiger partial charge < -0.3 is 15.4 Å². The van der Waals surface area contributed by atoms with Crippen molar-refractivity contribution in [3.05, 3.63) is 53.1 Å². The minimum atomic E-state index is -0.293. The van der Waals surface area contributed by atoms with Gasteiger partial charge in [-0.1, -0.05) is 23.8 Å². The molecule has 0 radical (unpaired) electrons. The Morgan fingerprint density at radius 2 is 1.69 bits per heavy atom. The highest BCUT2D eigenvalue weighted by atomic mass is 32.2. The van der Waals surface area contributed by atoms with Crippen LogP contribution in [0.4, 0.5) is 5.69 Å². The summed E-state index contributed by atoms with van der Waals surface area (Å²) in [6.45, 7) is 5.89. The Bertz CT molecular complexity index is 806. The van der Waals surface area contributed by atoms with E-state index >= 15 is 0 Å². The number of benzene rings is 2. The van der Waals surface area contributed by atoms with E-state index in [2.05, 4.69) is 16.7 Å². The van der Waals surface area contributed by atoms with Crippen LogP contribution >= 0.6 is 11.8 Å². The Morgan fingerprint density at radius 1 is 1.00 bits per heavy atom. The fourth-order valence-corrected chi connectivity index (χ4v) is 3.30. The summed E-state index contributed by atoms with van der Waals surface area (Å²) in [5, 5.41) is 5.41. The predicted molar refractivity (Wildman–Crippen MR) is 106 cm³/mol. The Morgan fingerprint density at radius 3 is 2.42 bits per heavy atom. The van der Waals surface area contributed by atoms with Crippen LogP contribution in [-0.4, -0.2) is 31.2 Å². The number of ether oxygens (including phenoxy) is 1. The summed E-state index contributed by atoms with van der Waals surface area (Å²) in [6.07, 6.45) is 0. The molecule has 5 nitrogen and oxygen atoms in total. The second-order valence-corrected chi connectivity index (χ2v) is 7.10. The van der Waals surface area contributed by atoms with Gasteiger partial charge in [-0.2, -0.15) is 0 Å². The highest BCUT2D eigenvalue weighted by Crippen LogP contribution is 2.25. The van der Waals surface area contributed by atoms with Gasteiger partial charge in [0.2, 0.25) is 11.8 Å². The van der Waals surface area contributed by atoms with Gasteiger partial charge in [-0.25, -0.2) is 0 Å². The van der Waals surface area contributed by atoms with E-state index in [-0.39, 0.29) is 24.1 Å². The Kier molecular flexibility index (Phi) is 7.09. The van der Waals surface area contributed by atoms with Crippen molar-refractivity contribution in [2.45, 2.75) is 25.7 Å². The van der Waals surface area contributed by atoms with Gasteiger partial charge in [-0.15, -0.1) is 11.8 Å². The molecule has 2 aromatic rings. The molecule has 0 aliphatic carbocycles. The highest BCUT2D eigenvalue weighted by Gasteiger charge is 2.10. The summed E-state index contributed by atoms with van der Waals surface area (Å²) in [6, 6.07) is 11.7. The molecule has 0 saturated heterocycles. The lowest BCUT2D eigenvalue weighted by Gasteiger charge is -2.11. The molecule has 2 N–H and O–H groups in total. The van der Waals surface area contributed by atoms with E-state index in [1.807, 2.05) is 45.0 Å². The van der Waals surface area contributed by atoms with Crippen LogP contribution in [0.2, 0.25) is 0 Å². The van der Waals surface area contributed by atoms with E-state index in [1.165, 1.54) is 11.8 Å². The molecule has 0 saturated carbocycles. The van der Waals surface area contributed by atoms with E-state index in [1.54, 1.807) is 13.2 Å². The number of thioether (sulfide) groups is 1. The summed E-state index contributed by atoms with van der Waals surface area (Å²) in [4.78, 5) is 25.2. The van der Waals surface area contributed by atoms with Gasteiger partial charge in [0, 0.05) is 4.90 Å². The lowest BCUT2D eigenvalue weighted by molar-refractivity contribution is -0.122. The van der Waals surface area contributed by atoms with E-state index in [0.717, 1.165) is 21.6 Å². The molecule has 0 aromatic heterocycles. The van der Waals surface area contributed by atoms with Crippen LogP contribution in [0.25, 0.3) is 0 Å². The zero-order chi connectivity index (χ0) is 19.1. The number of carbonyl (C=O) groups excluding carboxylic acids is 2. The van der Waals surface area contributed by atoms with Crippen molar-refractivity contribution in [1.29, 1.82) is 0 Å². The molecule has 26 heavy (non-hydrogen) atoms. The number of carbonyl (C=O) groups is 2. The van der Waals surface area contributed by atoms with E-state index in [0.29, 0.717) is 11.4 Å². The highest BCUT2D eigenvalue weighted by molar-refractivity contribution is 8.00. The maximum atomic E-state index is 12.1. The average Bonchev–Trinajstić information content (AvgIpc) is 2.61. The fraction of sp³-hybridized carbons (Fsp3) is 0.300. The molecule has 0 aliphatic rings. The summed E-state index contributed by atoms with van der Waals surface area (Å²) in [5.41, 5.74) is 3.90. The van der Waals surface area contributed by atoms with Gasteiger partial charge in [0.05, 0.1) is 25.1 Å². The number of anilines is 1. The number of hydrogen-bond donors (Lipinski definition) is 2. The van der Waals surface area contributed by atoms with E-state index in [9.17, 15) is 9.59 Å². The second kappa shape index (κ2) is 9.29. The first-order valence-corrected chi connectivity index (χ1v) is 9.29. The molecule has 2 amide bonds. The molecular formula is C20H24N2O3S. The van der Waals surface area contributed by atoms with Crippen LogP contribution in [0.1, 0.15) is 16.7 Å². The predicted octanol–water partition coefficient (Wildman–Crippen LogP) is 3.47. The first kappa shape index (κ1) is 19.8. The molecular weight excluding hydrogens is 348 g/mol. The molecule has 6 heteroatoms. The molecule has 2 aromatic carbocycles. The van der Waals surface area contributed by atoms with Crippen LogP contribution in [0.3, 0.4) is 0 Å². The minimum absolute atomic E-state index is 0.0801. The topological polar surface area (TPSA) is 67.4 Å². The minimum Gasteiger partial charge on any atom is -0.495 e. The number of aryl methyl sites for hydroxylation is 3. The molecule has 0 fully saturated rings. The fourth-order valence-electron chi connectivity index (χ4n) is 2.35. The van der Waals surface area contributed by atoms with Crippen LogP contribution < -0.4 is 15.4 Å². The Labute approximate surface area is 158 Å². The zero-order valence-corrected chi connectivity index (χ0v) is 16.3. The van der Waals surface area contributed by atoms with Crippen molar-refractivity contribution in [3.8, 4) is 5.75 Å². The molecule has 0 heterocycles. The van der Waals surface area contributed by atoms with Gasteiger partial charge in [0.25, 0.3) is 0 Å². The SMILES string of the molecule is COc1ccc(C)cc1NC(=O)CNC(=O)CSc1cc(C)ccc1C. The van der Waals surface area contributed by atoms with Crippen LogP contribution in [0.15, 0.2) is 41.3 Å². The third-order valence-corrected chi connectivity index (χ3v) is 4.93. The van der Waals surface area contributed by atoms with Crippen molar-refractivity contribution < 1.29 is 14.3 Å². The van der Waals surface area contributed by atoms with Crippen molar-refractivity contribution in [2.24, 2.45) is 0 Å². The molecule has 0 spiro atoms. The average molecular weight is 372 g/mol. The first-order valence-electron chi connectivity index (χ1n) is 8.30. The summed E-state index contributed by atoms with van der Waals surface area (Å²) in [7, 11) is 1.55. The van der Waals surface area contributed by atoms with Gasteiger partial charge in [0.15, 0.2) is 0 Å². The Balaban J connectivity index is 1.82. The Hall–Kier alpha value is -2.47. The number of nitrogens with one attached hydrogen (secondary N) is 2. The smallest absolute Gasteiger partial charge is 0.243 e.